The number of hydrogen-bond acceptors (Lipinski definition) is 7. The second-order valence-electron chi connectivity index (χ2n) is 6.13. The predicted octanol–water partition coefficient (Wildman–Crippen LogP) is 0.901. The van der Waals surface area contributed by atoms with Gasteiger partial charge in [0.2, 0.25) is 17.6 Å². The van der Waals surface area contributed by atoms with E-state index in [2.05, 4.69) is 25.3 Å². The first-order valence-corrected chi connectivity index (χ1v) is 8.53. The van der Waals surface area contributed by atoms with Crippen molar-refractivity contribution in [2.45, 2.75) is 25.8 Å². The first-order chi connectivity index (χ1) is 12.2. The molecule has 3 heterocycles. The second kappa shape index (κ2) is 8.68. The normalized spacial score (nSPS) is 16.5. The highest BCUT2D eigenvalue weighted by Crippen LogP contribution is 2.14. The van der Waals surface area contributed by atoms with E-state index < -0.39 is 0 Å². The minimum absolute atomic E-state index is 0.0121. The molecule has 134 valence electrons. The van der Waals surface area contributed by atoms with Crippen molar-refractivity contribution in [2.75, 3.05) is 32.8 Å². The highest BCUT2D eigenvalue weighted by Gasteiger charge is 2.16. The van der Waals surface area contributed by atoms with Crippen LogP contribution in [0, 0.1) is 0 Å². The summed E-state index contributed by atoms with van der Waals surface area (Å²) in [6.45, 7) is 6.20. The molecule has 0 unspecified atom stereocenters. The average Bonchev–Trinajstić information content (AvgIpc) is 3.10. The summed E-state index contributed by atoms with van der Waals surface area (Å²) in [6, 6.07) is 3.77. The van der Waals surface area contributed by atoms with Crippen LogP contribution in [-0.4, -0.2) is 64.8 Å². The van der Waals surface area contributed by atoms with Gasteiger partial charge in [-0.2, -0.15) is 4.98 Å². The summed E-state index contributed by atoms with van der Waals surface area (Å²) >= 11 is 0. The van der Waals surface area contributed by atoms with Crippen molar-refractivity contribution in [3.63, 3.8) is 0 Å². The van der Waals surface area contributed by atoms with Gasteiger partial charge in [0.1, 0.15) is 0 Å². The summed E-state index contributed by atoms with van der Waals surface area (Å²) < 4.78 is 10.5. The number of ether oxygens (including phenoxy) is 1. The third kappa shape index (κ3) is 5.33. The van der Waals surface area contributed by atoms with Crippen molar-refractivity contribution < 1.29 is 14.1 Å². The van der Waals surface area contributed by atoms with Crippen molar-refractivity contribution in [3.8, 4) is 11.4 Å². The first kappa shape index (κ1) is 17.5. The maximum Gasteiger partial charge on any atom is 0.227 e. The average molecular weight is 345 g/mol. The molecule has 0 aromatic carbocycles. The van der Waals surface area contributed by atoms with Crippen molar-refractivity contribution in [2.24, 2.45) is 0 Å². The summed E-state index contributed by atoms with van der Waals surface area (Å²) in [5.74, 6) is 0.931. The standard InChI is InChI=1S/C17H23N5O3/c1-13(12-22-7-9-24-10-8-22)19-15(23)4-5-16-20-17(21-25-16)14-3-2-6-18-11-14/h2-3,6,11,13H,4-5,7-10,12H2,1H3,(H,19,23)/t13-/m1/s1. The zero-order valence-electron chi connectivity index (χ0n) is 14.4. The van der Waals surface area contributed by atoms with Crippen LogP contribution in [0.25, 0.3) is 11.4 Å². The van der Waals surface area contributed by atoms with E-state index in [1.54, 1.807) is 12.4 Å². The predicted molar refractivity (Wildman–Crippen MR) is 90.7 cm³/mol. The van der Waals surface area contributed by atoms with Gasteiger partial charge in [0.05, 0.1) is 13.2 Å². The van der Waals surface area contributed by atoms with E-state index >= 15 is 0 Å². The lowest BCUT2D eigenvalue weighted by molar-refractivity contribution is -0.121. The van der Waals surface area contributed by atoms with Gasteiger partial charge in [-0.15, -0.1) is 0 Å². The summed E-state index contributed by atoms with van der Waals surface area (Å²) in [6.07, 6.45) is 4.10. The molecule has 1 fully saturated rings. The van der Waals surface area contributed by atoms with Crippen LogP contribution in [0.3, 0.4) is 0 Å². The third-order valence-corrected chi connectivity index (χ3v) is 4.00. The first-order valence-electron chi connectivity index (χ1n) is 8.53. The number of nitrogens with one attached hydrogen (secondary N) is 1. The molecule has 0 saturated carbocycles. The number of amides is 1. The maximum atomic E-state index is 12.1. The highest BCUT2D eigenvalue weighted by molar-refractivity contribution is 5.76. The molecule has 1 saturated heterocycles. The smallest absolute Gasteiger partial charge is 0.227 e. The van der Waals surface area contributed by atoms with E-state index in [0.717, 1.165) is 38.4 Å². The van der Waals surface area contributed by atoms with Crippen LogP contribution in [0.2, 0.25) is 0 Å². The topological polar surface area (TPSA) is 93.4 Å². The molecule has 8 heteroatoms. The SMILES string of the molecule is C[C@H](CN1CCOCC1)NC(=O)CCc1nc(-c2cccnc2)no1. The molecule has 8 nitrogen and oxygen atoms in total. The van der Waals surface area contributed by atoms with Gasteiger partial charge in [0.15, 0.2) is 0 Å². The van der Waals surface area contributed by atoms with Crippen molar-refractivity contribution in [1.29, 1.82) is 0 Å². The summed E-state index contributed by atoms with van der Waals surface area (Å²) in [5.41, 5.74) is 0.793. The number of carbonyl (C=O) groups is 1. The number of pyridine rings is 1. The number of carbonyl (C=O) groups excluding carboxylic acids is 1. The zero-order valence-corrected chi connectivity index (χ0v) is 14.4. The van der Waals surface area contributed by atoms with Gasteiger partial charge < -0.3 is 14.6 Å². The number of aromatic nitrogens is 3. The van der Waals surface area contributed by atoms with Gasteiger partial charge in [-0.1, -0.05) is 5.16 Å². The molecular weight excluding hydrogens is 322 g/mol. The van der Waals surface area contributed by atoms with E-state index in [-0.39, 0.29) is 11.9 Å². The van der Waals surface area contributed by atoms with Crippen LogP contribution < -0.4 is 5.32 Å². The number of morpholine rings is 1. The van der Waals surface area contributed by atoms with Crippen LogP contribution >= 0.6 is 0 Å². The fraction of sp³-hybridized carbons (Fsp3) is 0.529. The Morgan fingerprint density at radius 2 is 2.24 bits per heavy atom. The Morgan fingerprint density at radius 1 is 1.40 bits per heavy atom. The van der Waals surface area contributed by atoms with Crippen LogP contribution in [0.15, 0.2) is 29.0 Å². The molecule has 0 bridgehead atoms. The van der Waals surface area contributed by atoms with Crippen LogP contribution in [0.5, 0.6) is 0 Å². The van der Waals surface area contributed by atoms with E-state index in [9.17, 15) is 4.79 Å². The van der Waals surface area contributed by atoms with Crippen LogP contribution in [-0.2, 0) is 16.0 Å². The molecule has 25 heavy (non-hydrogen) atoms. The molecule has 1 atom stereocenters. The third-order valence-electron chi connectivity index (χ3n) is 4.00. The number of nitrogens with zero attached hydrogens (tertiary/aromatic N) is 4. The van der Waals surface area contributed by atoms with Gasteiger partial charge in [0.25, 0.3) is 0 Å². The lowest BCUT2D eigenvalue weighted by Gasteiger charge is -2.29. The van der Waals surface area contributed by atoms with Gasteiger partial charge in [-0.05, 0) is 19.1 Å². The Bertz CT molecular complexity index is 670. The Morgan fingerprint density at radius 3 is 3.00 bits per heavy atom. The number of rotatable bonds is 7. The lowest BCUT2D eigenvalue weighted by atomic mass is 10.2. The van der Waals surface area contributed by atoms with Gasteiger partial charge >= 0.3 is 0 Å². The van der Waals surface area contributed by atoms with Crippen molar-refractivity contribution >= 4 is 5.91 Å². The van der Waals surface area contributed by atoms with E-state index in [1.165, 1.54) is 0 Å². The molecule has 1 aliphatic heterocycles. The van der Waals surface area contributed by atoms with E-state index in [4.69, 9.17) is 9.26 Å². The van der Waals surface area contributed by atoms with Crippen molar-refractivity contribution in [1.82, 2.24) is 25.3 Å². The molecule has 0 spiro atoms. The molecule has 1 amide bonds. The van der Waals surface area contributed by atoms with E-state index in [0.29, 0.717) is 24.6 Å². The fourth-order valence-corrected chi connectivity index (χ4v) is 2.75. The molecule has 1 aliphatic rings. The Balaban J connectivity index is 1.42. The Hall–Kier alpha value is -2.32. The second-order valence-corrected chi connectivity index (χ2v) is 6.13. The van der Waals surface area contributed by atoms with Crippen molar-refractivity contribution in [3.05, 3.63) is 30.4 Å². The molecule has 2 aromatic rings. The summed E-state index contributed by atoms with van der Waals surface area (Å²) in [4.78, 5) is 22.7. The van der Waals surface area contributed by atoms with Crippen LogP contribution in [0.4, 0.5) is 0 Å². The molecule has 3 rings (SSSR count). The highest BCUT2D eigenvalue weighted by atomic mass is 16.5. The number of hydrogen-bond donors (Lipinski definition) is 1. The molecular formula is C17H23N5O3. The van der Waals surface area contributed by atoms with Crippen LogP contribution in [0.1, 0.15) is 19.2 Å². The molecule has 2 aromatic heterocycles. The minimum atomic E-state index is -0.0121. The maximum absolute atomic E-state index is 12.1. The summed E-state index contributed by atoms with van der Waals surface area (Å²) in [5, 5.41) is 6.94. The van der Waals surface area contributed by atoms with E-state index in [1.807, 2.05) is 19.1 Å². The lowest BCUT2D eigenvalue weighted by Crippen LogP contribution is -2.46. The molecule has 0 radical (unpaired) electrons. The Kier molecular flexibility index (Phi) is 6.08. The minimum Gasteiger partial charge on any atom is -0.379 e. The molecule has 1 N–H and O–H groups in total. The largest absolute Gasteiger partial charge is 0.379 e. The number of aryl methyl sites for hydroxylation is 1. The fourth-order valence-electron chi connectivity index (χ4n) is 2.75. The Labute approximate surface area is 146 Å². The van der Waals surface area contributed by atoms with Gasteiger partial charge in [-0.3, -0.25) is 14.7 Å². The monoisotopic (exact) mass is 345 g/mol. The van der Waals surface area contributed by atoms with Gasteiger partial charge in [-0.25, -0.2) is 0 Å². The zero-order chi connectivity index (χ0) is 17.5. The summed E-state index contributed by atoms with van der Waals surface area (Å²) in [7, 11) is 0. The molecule has 0 aliphatic carbocycles. The van der Waals surface area contributed by atoms with Gasteiger partial charge in [0, 0.05) is 56.5 Å². The quantitative estimate of drug-likeness (QED) is 0.797.